The first-order valence-corrected chi connectivity index (χ1v) is 8.50. The molecule has 0 spiro atoms. The molecular formula is C22H17NO4. The zero-order valence-corrected chi connectivity index (χ0v) is 14.7. The molecule has 4 rings (SSSR count). The summed E-state index contributed by atoms with van der Waals surface area (Å²) in [6.07, 6.45) is 2.53. The Morgan fingerprint density at radius 2 is 1.81 bits per heavy atom. The fourth-order valence-electron chi connectivity index (χ4n) is 3.17. The van der Waals surface area contributed by atoms with Crippen molar-refractivity contribution in [2.45, 2.75) is 6.54 Å². The van der Waals surface area contributed by atoms with E-state index in [4.69, 9.17) is 9.15 Å². The van der Waals surface area contributed by atoms with Gasteiger partial charge in [0.15, 0.2) is 12.0 Å². The summed E-state index contributed by atoms with van der Waals surface area (Å²) in [5.41, 5.74) is 3.24. The van der Waals surface area contributed by atoms with E-state index in [9.17, 15) is 9.59 Å². The molecule has 2 heterocycles. The number of hydrogen-bond acceptors (Lipinski definition) is 4. The number of nitrogens with zero attached hydrogens (tertiary/aromatic N) is 1. The van der Waals surface area contributed by atoms with E-state index < -0.39 is 0 Å². The molecule has 27 heavy (non-hydrogen) atoms. The lowest BCUT2D eigenvalue weighted by Gasteiger charge is -2.15. The molecule has 5 nitrogen and oxygen atoms in total. The Kier molecular flexibility index (Phi) is 4.34. The minimum Gasteiger partial charge on any atom is -0.497 e. The van der Waals surface area contributed by atoms with Crippen molar-refractivity contribution in [2.24, 2.45) is 0 Å². The molecule has 0 saturated heterocycles. The van der Waals surface area contributed by atoms with Crippen molar-refractivity contribution in [3.63, 3.8) is 0 Å². The Morgan fingerprint density at radius 3 is 2.52 bits per heavy atom. The van der Waals surface area contributed by atoms with Crippen molar-refractivity contribution in [3.8, 4) is 5.75 Å². The van der Waals surface area contributed by atoms with Gasteiger partial charge in [0.1, 0.15) is 11.5 Å². The fraction of sp³-hybridized carbons (Fsp3) is 0.0909. The number of para-hydroxylation sites is 1. The maximum Gasteiger partial charge on any atom is 0.259 e. The predicted octanol–water partition coefficient (Wildman–Crippen LogP) is 4.19. The number of methoxy groups -OCH3 is 1. The van der Waals surface area contributed by atoms with Crippen LogP contribution in [0.5, 0.6) is 5.75 Å². The first-order valence-electron chi connectivity index (χ1n) is 8.50. The van der Waals surface area contributed by atoms with Gasteiger partial charge < -0.3 is 14.1 Å². The molecule has 0 N–H and O–H groups in total. The number of hydrogen-bond donors (Lipinski definition) is 0. The lowest BCUT2D eigenvalue weighted by Crippen LogP contribution is -2.25. The highest BCUT2D eigenvalue weighted by Gasteiger charge is 2.32. The summed E-state index contributed by atoms with van der Waals surface area (Å²) >= 11 is 0. The lowest BCUT2D eigenvalue weighted by molar-refractivity contribution is -0.113. The summed E-state index contributed by atoms with van der Waals surface area (Å²) in [6.45, 7) is 0.267. The van der Waals surface area contributed by atoms with E-state index in [0.29, 0.717) is 17.6 Å². The van der Waals surface area contributed by atoms with Crippen LogP contribution in [-0.4, -0.2) is 19.3 Å². The Hall–Kier alpha value is -3.60. The van der Waals surface area contributed by atoms with Crippen molar-refractivity contribution >= 4 is 29.5 Å². The van der Waals surface area contributed by atoms with Gasteiger partial charge in [-0.25, -0.2) is 0 Å². The smallest absolute Gasteiger partial charge is 0.259 e. The van der Waals surface area contributed by atoms with Gasteiger partial charge in [-0.1, -0.05) is 30.3 Å². The molecule has 1 aromatic heterocycles. The van der Waals surface area contributed by atoms with Crippen molar-refractivity contribution in [1.29, 1.82) is 0 Å². The van der Waals surface area contributed by atoms with Gasteiger partial charge >= 0.3 is 0 Å². The number of carbonyl (C=O) groups excluding carboxylic acids is 2. The zero-order valence-electron chi connectivity index (χ0n) is 14.7. The van der Waals surface area contributed by atoms with Gasteiger partial charge in [0, 0.05) is 11.1 Å². The van der Waals surface area contributed by atoms with Crippen molar-refractivity contribution in [3.05, 3.63) is 83.3 Å². The highest BCUT2D eigenvalue weighted by Crippen LogP contribution is 2.38. The standard InChI is InChI=1S/C22H17NO4/c1-26-16-8-6-15(7-9-16)12-20-19-4-2-3-5-21(19)23(22(20)25)13-17-10-11-18(14-24)27-17/h2-12,14H,13H2,1H3/b20-12+. The first-order chi connectivity index (χ1) is 13.2. The molecule has 1 aliphatic heterocycles. The van der Waals surface area contributed by atoms with Gasteiger partial charge in [-0.05, 0) is 42.0 Å². The molecule has 3 aromatic rings. The van der Waals surface area contributed by atoms with Crippen molar-refractivity contribution in [2.75, 3.05) is 12.0 Å². The zero-order chi connectivity index (χ0) is 18.8. The first kappa shape index (κ1) is 16.8. The number of benzene rings is 2. The quantitative estimate of drug-likeness (QED) is 0.506. The molecule has 2 aromatic carbocycles. The Balaban J connectivity index is 1.70. The third kappa shape index (κ3) is 3.15. The van der Waals surface area contributed by atoms with Crippen molar-refractivity contribution in [1.82, 2.24) is 0 Å². The van der Waals surface area contributed by atoms with Gasteiger partial charge in [-0.3, -0.25) is 9.59 Å². The van der Waals surface area contributed by atoms with Gasteiger partial charge in [0.25, 0.3) is 5.91 Å². The van der Waals surface area contributed by atoms with Crippen LogP contribution in [-0.2, 0) is 11.3 Å². The van der Waals surface area contributed by atoms with Crippen LogP contribution < -0.4 is 9.64 Å². The molecule has 0 atom stereocenters. The predicted molar refractivity (Wildman–Crippen MR) is 103 cm³/mol. The van der Waals surface area contributed by atoms with Crippen LogP contribution in [0.25, 0.3) is 11.6 Å². The van der Waals surface area contributed by atoms with Gasteiger partial charge in [0.2, 0.25) is 0 Å². The highest BCUT2D eigenvalue weighted by atomic mass is 16.5. The molecule has 0 fully saturated rings. The molecular weight excluding hydrogens is 342 g/mol. The largest absolute Gasteiger partial charge is 0.497 e. The molecule has 0 radical (unpaired) electrons. The fourth-order valence-corrected chi connectivity index (χ4v) is 3.17. The SMILES string of the molecule is COc1ccc(/C=C2/C(=O)N(Cc3ccc(C=O)o3)c3ccccc32)cc1. The molecule has 0 aliphatic carbocycles. The molecule has 0 bridgehead atoms. The summed E-state index contributed by atoms with van der Waals surface area (Å²) < 4.78 is 10.6. The number of ether oxygens (including phenoxy) is 1. The lowest BCUT2D eigenvalue weighted by atomic mass is 10.0. The van der Waals surface area contributed by atoms with Crippen molar-refractivity contribution < 1.29 is 18.7 Å². The second kappa shape index (κ2) is 6.96. The summed E-state index contributed by atoms with van der Waals surface area (Å²) in [4.78, 5) is 25.6. The number of furan rings is 1. The van der Waals surface area contributed by atoms with E-state index in [1.54, 1.807) is 24.1 Å². The molecule has 0 saturated carbocycles. The second-order valence-electron chi connectivity index (χ2n) is 6.16. The second-order valence-corrected chi connectivity index (χ2v) is 6.16. The Morgan fingerprint density at radius 1 is 1.04 bits per heavy atom. The highest BCUT2D eigenvalue weighted by molar-refractivity contribution is 6.35. The van der Waals surface area contributed by atoms with Gasteiger partial charge in [-0.2, -0.15) is 0 Å². The monoisotopic (exact) mass is 359 g/mol. The molecule has 5 heteroatoms. The molecule has 1 aliphatic rings. The number of anilines is 1. The molecule has 1 amide bonds. The number of fused-ring (bicyclic) bond motifs is 1. The number of aldehydes is 1. The number of rotatable bonds is 5. The van der Waals surface area contributed by atoms with E-state index in [1.165, 1.54) is 0 Å². The summed E-state index contributed by atoms with van der Waals surface area (Å²) in [7, 11) is 1.62. The number of amides is 1. The van der Waals surface area contributed by atoms with Crippen LogP contribution >= 0.6 is 0 Å². The van der Waals surface area contributed by atoms with Crippen LogP contribution in [0.3, 0.4) is 0 Å². The van der Waals surface area contributed by atoms with Crippen LogP contribution in [0.2, 0.25) is 0 Å². The van der Waals surface area contributed by atoms with Crippen LogP contribution in [0, 0.1) is 0 Å². The summed E-state index contributed by atoms with van der Waals surface area (Å²) in [6, 6.07) is 18.5. The van der Waals surface area contributed by atoms with E-state index >= 15 is 0 Å². The maximum atomic E-state index is 13.1. The van der Waals surface area contributed by atoms with Gasteiger partial charge in [0.05, 0.1) is 19.3 Å². The van der Waals surface area contributed by atoms with E-state index in [-0.39, 0.29) is 18.2 Å². The average Bonchev–Trinajstić information content (AvgIpc) is 3.27. The Labute approximate surface area is 156 Å². The minimum atomic E-state index is -0.101. The van der Waals surface area contributed by atoms with Crippen LogP contribution in [0.15, 0.2) is 65.1 Å². The van der Waals surface area contributed by atoms with Gasteiger partial charge in [-0.15, -0.1) is 0 Å². The van der Waals surface area contributed by atoms with E-state index in [0.717, 1.165) is 22.6 Å². The average molecular weight is 359 g/mol. The third-order valence-corrected chi connectivity index (χ3v) is 4.50. The third-order valence-electron chi connectivity index (χ3n) is 4.50. The van der Waals surface area contributed by atoms with E-state index in [1.807, 2.05) is 54.6 Å². The normalized spacial score (nSPS) is 14.5. The molecule has 134 valence electrons. The summed E-state index contributed by atoms with van der Waals surface area (Å²) in [5.74, 6) is 1.47. The molecule has 0 unspecified atom stereocenters. The maximum absolute atomic E-state index is 13.1. The summed E-state index contributed by atoms with van der Waals surface area (Å²) in [5, 5.41) is 0. The van der Waals surface area contributed by atoms with Crippen LogP contribution in [0.1, 0.15) is 27.4 Å². The topological polar surface area (TPSA) is 59.8 Å². The minimum absolute atomic E-state index is 0.101. The Bertz CT molecular complexity index is 1030. The van der Waals surface area contributed by atoms with Crippen LogP contribution in [0.4, 0.5) is 5.69 Å². The van der Waals surface area contributed by atoms with E-state index in [2.05, 4.69) is 0 Å². The number of carbonyl (C=O) groups is 2.